The first-order valence-corrected chi connectivity index (χ1v) is 9.52. The third-order valence-electron chi connectivity index (χ3n) is 5.35. The highest BCUT2D eigenvalue weighted by atomic mass is 19.4. The Morgan fingerprint density at radius 3 is 2.16 bits per heavy atom. The van der Waals surface area contributed by atoms with Crippen LogP contribution in [-0.4, -0.2) is 9.97 Å². The second-order valence-electron chi connectivity index (χ2n) is 7.19. The van der Waals surface area contributed by atoms with Crippen molar-refractivity contribution in [2.45, 2.75) is 6.18 Å². The molecule has 32 heavy (non-hydrogen) atoms. The molecule has 1 aromatic heterocycles. The van der Waals surface area contributed by atoms with E-state index >= 15 is 0 Å². The lowest BCUT2D eigenvalue weighted by Gasteiger charge is -2.09. The number of nitrogens with zero attached hydrogens (tertiary/aromatic N) is 4. The van der Waals surface area contributed by atoms with E-state index in [1.807, 2.05) is 30.3 Å². The van der Waals surface area contributed by atoms with Crippen molar-refractivity contribution in [1.82, 2.24) is 9.97 Å². The second-order valence-corrected chi connectivity index (χ2v) is 7.19. The van der Waals surface area contributed by atoms with Gasteiger partial charge in [0.1, 0.15) is 0 Å². The smallest absolute Gasteiger partial charge is 0.245 e. The summed E-state index contributed by atoms with van der Waals surface area (Å²) in [6, 6.07) is 19.5. The molecule has 1 aliphatic rings. The summed E-state index contributed by atoms with van der Waals surface area (Å²) in [5, 5.41) is 9.44. The van der Waals surface area contributed by atoms with Gasteiger partial charge in [-0.3, -0.25) is 0 Å². The number of alkyl halides is 3. The van der Waals surface area contributed by atoms with E-state index in [4.69, 9.17) is 11.6 Å². The van der Waals surface area contributed by atoms with Gasteiger partial charge < -0.3 is 0 Å². The van der Waals surface area contributed by atoms with E-state index in [-0.39, 0.29) is 5.70 Å². The van der Waals surface area contributed by atoms with Crippen LogP contribution >= 0.6 is 0 Å². The molecule has 0 radical (unpaired) electrons. The second kappa shape index (κ2) is 7.04. The Morgan fingerprint density at radius 1 is 0.844 bits per heavy atom. The molecule has 0 aliphatic heterocycles. The van der Waals surface area contributed by atoms with Gasteiger partial charge >= 0.3 is 6.18 Å². The highest BCUT2D eigenvalue weighted by molar-refractivity contribution is 6.02. The summed E-state index contributed by atoms with van der Waals surface area (Å²) in [5.41, 5.74) is 4.74. The number of aromatic nitrogens is 2. The lowest BCUT2D eigenvalue weighted by Crippen LogP contribution is -2.03. The Hall–Kier alpha value is -4.49. The van der Waals surface area contributed by atoms with Crippen LogP contribution in [0.5, 0.6) is 0 Å². The molecular weight excluding hydrogens is 413 g/mol. The molecule has 0 unspecified atom stereocenters. The minimum absolute atomic E-state index is 0.0498. The SMILES string of the molecule is [C-]#[N+]/C(C#N)=C1\c2ccccc2-c2nc3cc(-c4ccc(C(F)(F)F)cc4)ccc3nc21. The maximum absolute atomic E-state index is 12.9. The zero-order valence-electron chi connectivity index (χ0n) is 16.3. The predicted octanol–water partition coefficient (Wildman–Crippen LogP) is 6.50. The average molecular weight is 424 g/mol. The fourth-order valence-electron chi connectivity index (χ4n) is 3.86. The summed E-state index contributed by atoms with van der Waals surface area (Å²) >= 11 is 0. The van der Waals surface area contributed by atoms with E-state index in [0.717, 1.165) is 23.3 Å². The zero-order chi connectivity index (χ0) is 22.5. The van der Waals surface area contributed by atoms with Crippen molar-refractivity contribution in [2.24, 2.45) is 0 Å². The quantitative estimate of drug-likeness (QED) is 0.228. The number of benzene rings is 3. The van der Waals surface area contributed by atoms with E-state index in [1.165, 1.54) is 12.1 Å². The van der Waals surface area contributed by atoms with Gasteiger partial charge in [0.15, 0.2) is 0 Å². The molecule has 152 valence electrons. The Morgan fingerprint density at radius 2 is 1.50 bits per heavy atom. The molecule has 3 aromatic carbocycles. The number of hydrogen-bond donors (Lipinski definition) is 0. The van der Waals surface area contributed by atoms with Crippen LogP contribution in [0.25, 0.3) is 43.8 Å². The summed E-state index contributed by atoms with van der Waals surface area (Å²) in [7, 11) is 0. The minimum Gasteiger partial charge on any atom is -0.245 e. The highest BCUT2D eigenvalue weighted by Gasteiger charge is 2.31. The number of allylic oxidation sites excluding steroid dienone is 1. The number of rotatable bonds is 1. The molecule has 0 N–H and O–H groups in total. The van der Waals surface area contributed by atoms with E-state index in [2.05, 4.69) is 9.83 Å². The summed E-state index contributed by atoms with van der Waals surface area (Å²) in [6.45, 7) is 7.37. The largest absolute Gasteiger partial charge is 0.416 e. The predicted molar refractivity (Wildman–Crippen MR) is 114 cm³/mol. The van der Waals surface area contributed by atoms with Crippen LogP contribution in [0.3, 0.4) is 0 Å². The molecule has 0 amide bonds. The first-order chi connectivity index (χ1) is 15.4. The fraction of sp³-hybridized carbons (Fsp3) is 0.0400. The molecule has 0 spiro atoms. The molecular formula is C25H11F3N4. The van der Waals surface area contributed by atoms with Crippen LogP contribution in [0.15, 0.2) is 72.4 Å². The van der Waals surface area contributed by atoms with Gasteiger partial charge in [-0.2, -0.15) is 13.2 Å². The van der Waals surface area contributed by atoms with Crippen molar-refractivity contribution < 1.29 is 13.2 Å². The number of hydrogen-bond acceptors (Lipinski definition) is 3. The van der Waals surface area contributed by atoms with Gasteiger partial charge in [0, 0.05) is 11.1 Å². The van der Waals surface area contributed by atoms with Crippen LogP contribution in [-0.2, 0) is 6.18 Å². The highest BCUT2D eigenvalue weighted by Crippen LogP contribution is 2.44. The van der Waals surface area contributed by atoms with Gasteiger partial charge in [0.2, 0.25) is 0 Å². The van der Waals surface area contributed by atoms with Gasteiger partial charge in [-0.05, 0) is 41.0 Å². The topological polar surface area (TPSA) is 53.9 Å². The van der Waals surface area contributed by atoms with E-state index in [1.54, 1.807) is 18.2 Å². The van der Waals surface area contributed by atoms with Gasteiger partial charge in [0.25, 0.3) is 5.70 Å². The van der Waals surface area contributed by atoms with Crippen molar-refractivity contribution in [3.63, 3.8) is 0 Å². The third-order valence-corrected chi connectivity index (χ3v) is 5.35. The molecule has 0 saturated heterocycles. The summed E-state index contributed by atoms with van der Waals surface area (Å²) in [5.74, 6) is 0. The molecule has 0 fully saturated rings. The molecule has 4 aromatic rings. The maximum atomic E-state index is 12.9. The van der Waals surface area contributed by atoms with Crippen molar-refractivity contribution >= 4 is 16.6 Å². The minimum atomic E-state index is -4.39. The Bertz CT molecular complexity index is 1500. The summed E-state index contributed by atoms with van der Waals surface area (Å²) < 4.78 is 38.6. The molecule has 0 bridgehead atoms. The average Bonchev–Trinajstić information content (AvgIpc) is 3.11. The van der Waals surface area contributed by atoms with E-state index < -0.39 is 11.7 Å². The fourth-order valence-corrected chi connectivity index (χ4v) is 3.86. The van der Waals surface area contributed by atoms with E-state index in [0.29, 0.717) is 39.1 Å². The van der Waals surface area contributed by atoms with Gasteiger partial charge in [0.05, 0.1) is 40.6 Å². The molecule has 0 saturated carbocycles. The monoisotopic (exact) mass is 424 g/mol. The summed E-state index contributed by atoms with van der Waals surface area (Å²) in [6.07, 6.45) is -4.39. The van der Waals surface area contributed by atoms with Crippen molar-refractivity contribution in [3.8, 4) is 28.5 Å². The number of halogens is 3. The van der Waals surface area contributed by atoms with E-state index in [9.17, 15) is 18.4 Å². The van der Waals surface area contributed by atoms with Crippen LogP contribution in [0.4, 0.5) is 13.2 Å². The standard InChI is InChI=1S/C25H11F3N4/c1-30-21(13-29)22-17-4-2-3-5-18(17)23-24(22)31-19-11-8-15(12-20(19)32-23)14-6-9-16(10-7-14)25(26,27)28/h2-12H/b22-21+. The Labute approximate surface area is 180 Å². The number of nitriles is 1. The van der Waals surface area contributed by atoms with Gasteiger partial charge in [-0.25, -0.2) is 20.1 Å². The Kier molecular flexibility index (Phi) is 4.28. The van der Waals surface area contributed by atoms with Crippen molar-refractivity contribution in [1.29, 1.82) is 5.26 Å². The molecule has 4 nitrogen and oxygen atoms in total. The molecule has 1 heterocycles. The van der Waals surface area contributed by atoms with Crippen LogP contribution < -0.4 is 0 Å². The molecule has 7 heteroatoms. The molecule has 5 rings (SSSR count). The Balaban J connectivity index is 1.68. The van der Waals surface area contributed by atoms with Crippen molar-refractivity contribution in [2.75, 3.05) is 0 Å². The van der Waals surface area contributed by atoms with Crippen molar-refractivity contribution in [3.05, 3.63) is 101 Å². The first-order valence-electron chi connectivity index (χ1n) is 9.52. The molecule has 1 aliphatic carbocycles. The van der Waals surface area contributed by atoms with Gasteiger partial charge in [-0.15, -0.1) is 0 Å². The zero-order valence-corrected chi connectivity index (χ0v) is 16.3. The maximum Gasteiger partial charge on any atom is 0.416 e. The van der Waals surface area contributed by atoms with Crippen LogP contribution in [0, 0.1) is 17.9 Å². The van der Waals surface area contributed by atoms with Crippen LogP contribution in [0.1, 0.15) is 16.8 Å². The lowest BCUT2D eigenvalue weighted by molar-refractivity contribution is -0.137. The normalized spacial score (nSPS) is 13.8. The third kappa shape index (κ3) is 3.00. The lowest BCUT2D eigenvalue weighted by atomic mass is 10.0. The number of fused-ring (bicyclic) bond motifs is 4. The van der Waals surface area contributed by atoms with Gasteiger partial charge in [-0.1, -0.05) is 42.5 Å². The van der Waals surface area contributed by atoms with Crippen LogP contribution in [0.2, 0.25) is 0 Å². The summed E-state index contributed by atoms with van der Waals surface area (Å²) in [4.78, 5) is 12.8. The first kappa shape index (κ1) is 19.5. The molecule has 0 atom stereocenters.